The van der Waals surface area contributed by atoms with E-state index in [9.17, 15) is 9.59 Å². The summed E-state index contributed by atoms with van der Waals surface area (Å²) in [6, 6.07) is 10.8. The second-order valence-electron chi connectivity index (χ2n) is 6.36. The van der Waals surface area contributed by atoms with Gasteiger partial charge in [0, 0.05) is 23.3 Å². The van der Waals surface area contributed by atoms with Gasteiger partial charge in [0.1, 0.15) is 0 Å². The van der Waals surface area contributed by atoms with Crippen LogP contribution < -0.4 is 10.6 Å². The molecule has 2 N–H and O–H groups in total. The number of esters is 1. The zero-order valence-corrected chi connectivity index (χ0v) is 17.4. The Balaban J connectivity index is 1.86. The highest BCUT2D eigenvalue weighted by molar-refractivity contribution is 7.80. The molecule has 28 heavy (non-hydrogen) atoms. The maximum atomic E-state index is 12.4. The number of amides is 1. The summed E-state index contributed by atoms with van der Waals surface area (Å²) >= 11 is 6.93. The Morgan fingerprint density at radius 2 is 2.11 bits per heavy atom. The first-order chi connectivity index (χ1) is 13.4. The second kappa shape index (κ2) is 8.53. The molecule has 0 radical (unpaired) electrons. The lowest BCUT2D eigenvalue weighted by Crippen LogP contribution is -2.46. The van der Waals surface area contributed by atoms with Crippen molar-refractivity contribution in [3.8, 4) is 0 Å². The molecule has 146 valence electrons. The maximum absolute atomic E-state index is 12.4. The molecule has 0 spiro atoms. The monoisotopic (exact) mass is 415 g/mol. The zero-order chi connectivity index (χ0) is 20.3. The van der Waals surface area contributed by atoms with E-state index in [0.29, 0.717) is 22.8 Å². The Bertz CT molecular complexity index is 938. The van der Waals surface area contributed by atoms with Crippen LogP contribution in [0.4, 0.5) is 5.69 Å². The van der Waals surface area contributed by atoms with Crippen LogP contribution in [-0.4, -0.2) is 36.0 Å². The van der Waals surface area contributed by atoms with Crippen LogP contribution in [0.2, 0.25) is 0 Å². The van der Waals surface area contributed by atoms with E-state index in [1.54, 1.807) is 23.3 Å². The summed E-state index contributed by atoms with van der Waals surface area (Å²) in [5, 5.41) is 8.56. The molecule has 1 aromatic heterocycles. The molecule has 1 aromatic carbocycles. The van der Waals surface area contributed by atoms with Crippen LogP contribution in [0.25, 0.3) is 0 Å². The van der Waals surface area contributed by atoms with Crippen LogP contribution in [0.15, 0.2) is 53.0 Å². The molecule has 1 aliphatic rings. The fourth-order valence-corrected chi connectivity index (χ4v) is 3.99. The minimum atomic E-state index is -0.453. The van der Waals surface area contributed by atoms with Gasteiger partial charge in [-0.2, -0.15) is 0 Å². The summed E-state index contributed by atoms with van der Waals surface area (Å²) in [4.78, 5) is 27.4. The highest BCUT2D eigenvalue weighted by Gasteiger charge is 2.33. The fourth-order valence-electron chi connectivity index (χ4n) is 3.03. The minimum Gasteiger partial charge on any atom is -0.466 e. The number of methoxy groups -OCH3 is 1. The largest absolute Gasteiger partial charge is 0.466 e. The summed E-state index contributed by atoms with van der Waals surface area (Å²) in [7, 11) is 3.15. The number of benzene rings is 1. The number of thiocarbonyl (C=S) groups is 1. The van der Waals surface area contributed by atoms with Crippen molar-refractivity contribution in [2.24, 2.45) is 0 Å². The highest BCUT2D eigenvalue weighted by Crippen LogP contribution is 2.31. The molecule has 2 heterocycles. The molecule has 2 aromatic rings. The van der Waals surface area contributed by atoms with Gasteiger partial charge < -0.3 is 20.3 Å². The molecule has 0 saturated carbocycles. The SMILES string of the molecule is COC(=O)C1=C(C)N(C)C(=S)NC1c1cccc(NC(=O)Cc2cccs2)c1. The van der Waals surface area contributed by atoms with Crippen molar-refractivity contribution in [2.75, 3.05) is 19.5 Å². The highest BCUT2D eigenvalue weighted by atomic mass is 32.1. The van der Waals surface area contributed by atoms with Crippen molar-refractivity contribution in [3.05, 3.63) is 63.5 Å². The molecule has 1 atom stereocenters. The zero-order valence-electron chi connectivity index (χ0n) is 15.8. The molecule has 6 nitrogen and oxygen atoms in total. The lowest BCUT2D eigenvalue weighted by molar-refractivity contribution is -0.136. The lowest BCUT2D eigenvalue weighted by Gasteiger charge is -2.35. The van der Waals surface area contributed by atoms with E-state index in [1.807, 2.05) is 48.7 Å². The Labute approximate surface area is 173 Å². The first-order valence-electron chi connectivity index (χ1n) is 8.66. The summed E-state index contributed by atoms with van der Waals surface area (Å²) in [6.45, 7) is 1.83. The van der Waals surface area contributed by atoms with Crippen LogP contribution in [0.3, 0.4) is 0 Å². The number of hydrogen-bond acceptors (Lipinski definition) is 5. The number of ether oxygens (including phenoxy) is 1. The standard InChI is InChI=1S/C20H21N3O3S2/c1-12-17(19(25)26-3)18(22-20(27)23(12)2)13-6-4-7-14(10-13)21-16(24)11-15-8-5-9-28-15/h4-10,18H,11H2,1-3H3,(H,21,24)(H,22,27). The summed E-state index contributed by atoms with van der Waals surface area (Å²) in [5.41, 5.74) is 2.69. The number of rotatable bonds is 5. The van der Waals surface area contributed by atoms with Gasteiger partial charge in [0.15, 0.2) is 5.11 Å². The van der Waals surface area contributed by atoms with Crippen molar-refractivity contribution in [3.63, 3.8) is 0 Å². The molecule has 3 rings (SSSR count). The molecule has 1 unspecified atom stereocenters. The Hall–Kier alpha value is -2.71. The maximum Gasteiger partial charge on any atom is 0.337 e. The Morgan fingerprint density at radius 3 is 2.79 bits per heavy atom. The number of carbonyl (C=O) groups excluding carboxylic acids is 2. The van der Waals surface area contributed by atoms with Gasteiger partial charge in [-0.25, -0.2) is 4.79 Å². The van der Waals surface area contributed by atoms with Gasteiger partial charge in [-0.05, 0) is 48.3 Å². The molecule has 0 saturated heterocycles. The molecule has 0 fully saturated rings. The van der Waals surface area contributed by atoms with Crippen molar-refractivity contribution < 1.29 is 14.3 Å². The van der Waals surface area contributed by atoms with E-state index in [-0.39, 0.29) is 5.91 Å². The van der Waals surface area contributed by atoms with Gasteiger partial charge in [-0.15, -0.1) is 11.3 Å². The number of anilines is 1. The van der Waals surface area contributed by atoms with E-state index in [1.165, 1.54) is 7.11 Å². The average Bonchev–Trinajstić information content (AvgIpc) is 3.18. The van der Waals surface area contributed by atoms with Crippen LogP contribution in [0, 0.1) is 0 Å². The molecule has 0 bridgehead atoms. The van der Waals surface area contributed by atoms with Crippen molar-refractivity contribution in [1.82, 2.24) is 10.2 Å². The third-order valence-corrected chi connectivity index (χ3v) is 5.85. The van der Waals surface area contributed by atoms with Crippen LogP contribution in [-0.2, 0) is 20.7 Å². The van der Waals surface area contributed by atoms with E-state index >= 15 is 0 Å². The lowest BCUT2D eigenvalue weighted by atomic mass is 9.95. The molecular formula is C20H21N3O3S2. The third-order valence-electron chi connectivity index (χ3n) is 4.58. The van der Waals surface area contributed by atoms with Gasteiger partial charge in [-0.1, -0.05) is 18.2 Å². The van der Waals surface area contributed by atoms with Crippen molar-refractivity contribution in [2.45, 2.75) is 19.4 Å². The number of nitrogens with zero attached hydrogens (tertiary/aromatic N) is 1. The van der Waals surface area contributed by atoms with E-state index in [2.05, 4.69) is 10.6 Å². The summed E-state index contributed by atoms with van der Waals surface area (Å²) in [6.07, 6.45) is 0.324. The van der Waals surface area contributed by atoms with Gasteiger partial charge in [0.25, 0.3) is 0 Å². The molecule has 8 heteroatoms. The number of hydrogen-bond donors (Lipinski definition) is 2. The number of nitrogens with one attached hydrogen (secondary N) is 2. The van der Waals surface area contributed by atoms with Gasteiger partial charge in [-0.3, -0.25) is 4.79 Å². The Kier molecular flexibility index (Phi) is 6.11. The third kappa shape index (κ3) is 4.23. The van der Waals surface area contributed by atoms with Gasteiger partial charge in [0.05, 0.1) is 25.1 Å². The average molecular weight is 416 g/mol. The molecular weight excluding hydrogens is 394 g/mol. The minimum absolute atomic E-state index is 0.0913. The molecule has 1 amide bonds. The number of thiophene rings is 1. The van der Waals surface area contributed by atoms with Crippen LogP contribution in [0.5, 0.6) is 0 Å². The smallest absolute Gasteiger partial charge is 0.337 e. The first kappa shape index (κ1) is 20.0. The predicted molar refractivity (Wildman–Crippen MR) is 114 cm³/mol. The first-order valence-corrected chi connectivity index (χ1v) is 9.95. The Morgan fingerprint density at radius 1 is 1.32 bits per heavy atom. The van der Waals surface area contributed by atoms with Crippen LogP contribution in [0.1, 0.15) is 23.4 Å². The van der Waals surface area contributed by atoms with Crippen molar-refractivity contribution in [1.29, 1.82) is 0 Å². The normalized spacial score (nSPS) is 16.6. The number of carbonyl (C=O) groups is 2. The molecule has 1 aliphatic heterocycles. The van der Waals surface area contributed by atoms with Crippen molar-refractivity contribution >= 4 is 46.2 Å². The fraction of sp³-hybridized carbons (Fsp3) is 0.250. The quantitative estimate of drug-likeness (QED) is 0.577. The number of allylic oxidation sites excluding steroid dienone is 1. The predicted octanol–water partition coefficient (Wildman–Crippen LogP) is 3.24. The second-order valence-corrected chi connectivity index (χ2v) is 7.78. The van der Waals surface area contributed by atoms with Gasteiger partial charge in [0.2, 0.25) is 5.91 Å². The topological polar surface area (TPSA) is 70.7 Å². The van der Waals surface area contributed by atoms with E-state index in [0.717, 1.165) is 16.1 Å². The van der Waals surface area contributed by atoms with Gasteiger partial charge >= 0.3 is 5.97 Å². The summed E-state index contributed by atoms with van der Waals surface area (Å²) in [5.74, 6) is -0.511. The summed E-state index contributed by atoms with van der Waals surface area (Å²) < 4.78 is 4.97. The molecule has 0 aliphatic carbocycles. The van der Waals surface area contributed by atoms with Crippen LogP contribution >= 0.6 is 23.6 Å². The van der Waals surface area contributed by atoms with E-state index < -0.39 is 12.0 Å². The van der Waals surface area contributed by atoms with E-state index in [4.69, 9.17) is 17.0 Å².